The topological polar surface area (TPSA) is 70.6 Å². The van der Waals surface area contributed by atoms with Crippen molar-refractivity contribution in [3.63, 3.8) is 0 Å². The van der Waals surface area contributed by atoms with E-state index in [1.54, 1.807) is 6.21 Å². The number of pyridine rings is 1. The van der Waals surface area contributed by atoms with Gasteiger partial charge in [0.25, 0.3) is 0 Å². The van der Waals surface area contributed by atoms with Gasteiger partial charge in [-0.05, 0) is 44.6 Å². The molecule has 160 valence electrons. The van der Waals surface area contributed by atoms with E-state index in [2.05, 4.69) is 58.2 Å². The van der Waals surface area contributed by atoms with Crippen LogP contribution in [0.1, 0.15) is 50.2 Å². The van der Waals surface area contributed by atoms with Crippen molar-refractivity contribution in [2.75, 3.05) is 30.4 Å². The van der Waals surface area contributed by atoms with Gasteiger partial charge in [0, 0.05) is 36.6 Å². The molecule has 1 aromatic carbocycles. The van der Waals surface area contributed by atoms with E-state index in [1.807, 2.05) is 24.3 Å². The Balaban J connectivity index is 1.58. The van der Waals surface area contributed by atoms with Crippen molar-refractivity contribution >= 4 is 17.7 Å². The van der Waals surface area contributed by atoms with Crippen molar-refractivity contribution in [1.82, 2.24) is 10.3 Å². The van der Waals surface area contributed by atoms with Crippen molar-refractivity contribution in [3.05, 3.63) is 59.3 Å². The van der Waals surface area contributed by atoms with Crippen LogP contribution in [0.2, 0.25) is 0 Å². The first-order valence-electron chi connectivity index (χ1n) is 10.9. The molecule has 1 aliphatic rings. The van der Waals surface area contributed by atoms with E-state index in [9.17, 15) is 0 Å². The lowest BCUT2D eigenvalue weighted by Gasteiger charge is -2.15. The molecule has 0 radical (unpaired) electrons. The molecular formula is C24H33N5O. The van der Waals surface area contributed by atoms with Gasteiger partial charge in [0.15, 0.2) is 5.82 Å². The summed E-state index contributed by atoms with van der Waals surface area (Å²) in [5.74, 6) is 1.24. The second-order valence-corrected chi connectivity index (χ2v) is 7.54. The van der Waals surface area contributed by atoms with Crippen LogP contribution in [0.5, 0.6) is 5.88 Å². The summed E-state index contributed by atoms with van der Waals surface area (Å²) in [5.41, 5.74) is 7.58. The van der Waals surface area contributed by atoms with Gasteiger partial charge in [-0.3, -0.25) is 5.43 Å². The minimum atomic E-state index is 0.563. The maximum atomic E-state index is 5.91. The van der Waals surface area contributed by atoms with E-state index >= 15 is 0 Å². The third-order valence-corrected chi connectivity index (χ3v) is 4.81. The second-order valence-electron chi connectivity index (χ2n) is 7.54. The average Bonchev–Trinajstić information content (AvgIpc) is 2.76. The van der Waals surface area contributed by atoms with Crippen LogP contribution in [0.4, 0.5) is 11.5 Å². The Morgan fingerprint density at radius 3 is 2.87 bits per heavy atom. The first-order chi connectivity index (χ1) is 14.7. The number of rotatable bonds is 11. The molecule has 3 rings (SSSR count). The number of benzene rings is 1. The van der Waals surface area contributed by atoms with Crippen molar-refractivity contribution in [2.24, 2.45) is 5.10 Å². The summed E-state index contributed by atoms with van der Waals surface area (Å²) < 4.78 is 5.91. The largest absolute Gasteiger partial charge is 0.476 e. The highest BCUT2D eigenvalue weighted by atomic mass is 16.5. The number of allylic oxidation sites excluding steroid dienone is 2. The predicted octanol–water partition coefficient (Wildman–Crippen LogP) is 5.08. The molecule has 0 amide bonds. The molecule has 0 atom stereocenters. The molecule has 1 heterocycles. The van der Waals surface area contributed by atoms with Gasteiger partial charge in [0.05, 0.1) is 6.21 Å². The molecule has 0 bridgehead atoms. The Labute approximate surface area is 179 Å². The van der Waals surface area contributed by atoms with Crippen LogP contribution < -0.4 is 20.8 Å². The third kappa shape index (κ3) is 7.43. The van der Waals surface area contributed by atoms with Gasteiger partial charge in [0.2, 0.25) is 5.88 Å². The summed E-state index contributed by atoms with van der Waals surface area (Å²) in [7, 11) is 0. The molecule has 2 aromatic rings. The van der Waals surface area contributed by atoms with Gasteiger partial charge in [0.1, 0.15) is 6.61 Å². The van der Waals surface area contributed by atoms with Crippen LogP contribution in [-0.2, 0) is 0 Å². The van der Waals surface area contributed by atoms with Crippen LogP contribution >= 0.6 is 0 Å². The van der Waals surface area contributed by atoms with E-state index in [-0.39, 0.29) is 0 Å². The van der Waals surface area contributed by atoms with Crippen LogP contribution in [-0.4, -0.2) is 30.9 Å². The molecule has 1 aromatic heterocycles. The average molecular weight is 408 g/mol. The summed E-state index contributed by atoms with van der Waals surface area (Å²) in [6.45, 7) is 6.44. The summed E-state index contributed by atoms with van der Waals surface area (Å²) in [4.78, 5) is 4.55. The zero-order valence-corrected chi connectivity index (χ0v) is 18.1. The molecule has 0 spiro atoms. The summed E-state index contributed by atoms with van der Waals surface area (Å²) in [5, 5.41) is 11.2. The minimum absolute atomic E-state index is 0.563. The van der Waals surface area contributed by atoms with E-state index < -0.39 is 0 Å². The van der Waals surface area contributed by atoms with Gasteiger partial charge >= 0.3 is 0 Å². The first kappa shape index (κ1) is 21.7. The van der Waals surface area contributed by atoms with Crippen LogP contribution in [0, 0.1) is 6.92 Å². The molecule has 3 N–H and O–H groups in total. The molecule has 6 heteroatoms. The number of aryl methyl sites for hydroxylation is 1. The number of anilines is 2. The molecular weight excluding hydrogens is 374 g/mol. The van der Waals surface area contributed by atoms with E-state index in [4.69, 9.17) is 4.74 Å². The normalized spacial score (nSPS) is 13.7. The second kappa shape index (κ2) is 11.9. The SMILES string of the molecule is CCCNc1cc(N/N=C/c2cccc(C)c2)nc(OCCNC2=CCCCC2)c1. The van der Waals surface area contributed by atoms with Crippen LogP contribution in [0.3, 0.4) is 0 Å². The maximum Gasteiger partial charge on any atom is 0.217 e. The monoisotopic (exact) mass is 407 g/mol. The smallest absolute Gasteiger partial charge is 0.217 e. The first-order valence-corrected chi connectivity index (χ1v) is 10.9. The fourth-order valence-corrected chi connectivity index (χ4v) is 3.30. The Kier molecular flexibility index (Phi) is 8.57. The van der Waals surface area contributed by atoms with E-state index in [1.165, 1.54) is 30.5 Å². The Hall–Kier alpha value is -3.02. The fourth-order valence-electron chi connectivity index (χ4n) is 3.30. The maximum absolute atomic E-state index is 5.91. The van der Waals surface area contributed by atoms with Gasteiger partial charge in [-0.1, -0.05) is 42.8 Å². The van der Waals surface area contributed by atoms with Crippen LogP contribution in [0.25, 0.3) is 0 Å². The van der Waals surface area contributed by atoms with Crippen molar-refractivity contribution in [2.45, 2.75) is 46.0 Å². The molecule has 0 fully saturated rings. The number of hydrogen-bond donors (Lipinski definition) is 3. The molecule has 0 saturated heterocycles. The lowest BCUT2D eigenvalue weighted by Crippen LogP contribution is -2.21. The number of hydrazone groups is 1. The number of nitrogens with zero attached hydrogens (tertiary/aromatic N) is 2. The zero-order valence-electron chi connectivity index (χ0n) is 18.1. The third-order valence-electron chi connectivity index (χ3n) is 4.81. The van der Waals surface area contributed by atoms with Crippen molar-refractivity contribution in [1.29, 1.82) is 0 Å². The predicted molar refractivity (Wildman–Crippen MR) is 125 cm³/mol. The van der Waals surface area contributed by atoms with E-state index in [0.29, 0.717) is 18.3 Å². The number of aromatic nitrogens is 1. The minimum Gasteiger partial charge on any atom is -0.476 e. The molecule has 30 heavy (non-hydrogen) atoms. The Morgan fingerprint density at radius 1 is 1.13 bits per heavy atom. The van der Waals surface area contributed by atoms with Gasteiger partial charge < -0.3 is 15.4 Å². The lowest BCUT2D eigenvalue weighted by molar-refractivity contribution is 0.306. The number of ether oxygens (including phenoxy) is 1. The van der Waals surface area contributed by atoms with Crippen LogP contribution in [0.15, 0.2) is 53.3 Å². The molecule has 1 aliphatic carbocycles. The Morgan fingerprint density at radius 2 is 2.07 bits per heavy atom. The summed E-state index contributed by atoms with van der Waals surface area (Å²) in [6.07, 6.45) is 10.0. The van der Waals surface area contributed by atoms with Gasteiger partial charge in [-0.2, -0.15) is 10.1 Å². The molecule has 0 aliphatic heterocycles. The number of nitrogens with one attached hydrogen (secondary N) is 3. The number of hydrogen-bond acceptors (Lipinski definition) is 6. The lowest BCUT2D eigenvalue weighted by atomic mass is 10.1. The quantitative estimate of drug-likeness (QED) is 0.275. The van der Waals surface area contributed by atoms with Crippen molar-refractivity contribution in [3.8, 4) is 5.88 Å². The molecule has 6 nitrogen and oxygen atoms in total. The zero-order chi connectivity index (χ0) is 21.0. The van der Waals surface area contributed by atoms with Gasteiger partial charge in [-0.15, -0.1) is 0 Å². The summed E-state index contributed by atoms with van der Waals surface area (Å²) >= 11 is 0. The highest BCUT2D eigenvalue weighted by Crippen LogP contribution is 2.21. The fraction of sp³-hybridized carbons (Fsp3) is 0.417. The Bertz CT molecular complexity index is 862. The highest BCUT2D eigenvalue weighted by molar-refractivity contribution is 5.80. The molecule has 0 saturated carbocycles. The highest BCUT2D eigenvalue weighted by Gasteiger charge is 2.05. The standard InChI is InChI=1S/C24H33N5O/c1-3-12-25-22-16-23(29-27-18-20-9-7-8-19(2)15-20)28-24(17-22)30-14-13-26-21-10-5-4-6-11-21/h7-10,15-18,26H,3-6,11-14H2,1-2H3,(H2,25,28,29)/b27-18+. The van der Waals surface area contributed by atoms with Gasteiger partial charge in [-0.25, -0.2) is 0 Å². The molecule has 0 unspecified atom stereocenters. The summed E-state index contributed by atoms with van der Waals surface area (Å²) in [6, 6.07) is 12.1. The van der Waals surface area contributed by atoms with Crippen molar-refractivity contribution < 1.29 is 4.74 Å². The van der Waals surface area contributed by atoms with E-state index in [0.717, 1.165) is 37.2 Å².